The Balaban J connectivity index is 2.26. The van der Waals surface area contributed by atoms with Gasteiger partial charge in [0.05, 0.1) is 5.56 Å². The minimum absolute atomic E-state index is 0.332. The molecule has 2 rings (SSSR count). The zero-order valence-corrected chi connectivity index (χ0v) is 12.4. The van der Waals surface area contributed by atoms with Crippen molar-refractivity contribution in [2.45, 2.75) is 32.6 Å². The maximum atomic E-state index is 13.3. The van der Waals surface area contributed by atoms with Crippen molar-refractivity contribution in [1.29, 1.82) is 0 Å². The first-order chi connectivity index (χ1) is 9.77. The first kappa shape index (κ1) is 16.0. The highest BCUT2D eigenvalue weighted by Crippen LogP contribution is 2.36. The lowest BCUT2D eigenvalue weighted by molar-refractivity contribution is -0.139. The molecule has 1 N–H and O–H groups in total. The standard InChI is InChI=1S/C15H15F4NS/c1-9(2)20-8-11-4-6-14(21-11)10-3-5-13(16)12(7-10)15(17,18)19/h3-7,9,20H,8H2,1-2H3. The maximum absolute atomic E-state index is 13.3. The maximum Gasteiger partial charge on any atom is 0.419 e. The van der Waals surface area contributed by atoms with E-state index in [2.05, 4.69) is 5.32 Å². The van der Waals surface area contributed by atoms with Crippen LogP contribution in [0.5, 0.6) is 0 Å². The third-order valence-corrected chi connectivity index (χ3v) is 4.04. The quantitative estimate of drug-likeness (QED) is 0.776. The molecule has 0 amide bonds. The van der Waals surface area contributed by atoms with E-state index in [-0.39, 0.29) is 0 Å². The van der Waals surface area contributed by atoms with E-state index >= 15 is 0 Å². The molecule has 1 aromatic carbocycles. The Bertz CT molecular complexity index is 616. The second kappa shape index (κ2) is 6.15. The Morgan fingerprint density at radius 2 is 1.86 bits per heavy atom. The van der Waals surface area contributed by atoms with E-state index in [0.717, 1.165) is 17.0 Å². The number of hydrogen-bond acceptors (Lipinski definition) is 2. The normalized spacial score (nSPS) is 12.1. The highest BCUT2D eigenvalue weighted by Gasteiger charge is 2.34. The van der Waals surface area contributed by atoms with E-state index in [4.69, 9.17) is 0 Å². The topological polar surface area (TPSA) is 12.0 Å². The summed E-state index contributed by atoms with van der Waals surface area (Å²) in [6.45, 7) is 4.70. The molecule has 1 nitrogen and oxygen atoms in total. The number of alkyl halides is 3. The van der Waals surface area contributed by atoms with Gasteiger partial charge in [-0.15, -0.1) is 11.3 Å². The Hall–Kier alpha value is -1.40. The predicted octanol–water partition coefficient (Wildman–Crippen LogP) is 5.07. The van der Waals surface area contributed by atoms with Crippen molar-refractivity contribution in [3.05, 3.63) is 46.6 Å². The molecule has 2 aromatic rings. The van der Waals surface area contributed by atoms with E-state index in [1.807, 2.05) is 19.9 Å². The molecule has 0 unspecified atom stereocenters. The smallest absolute Gasteiger partial charge is 0.310 e. The summed E-state index contributed by atoms with van der Waals surface area (Å²) in [4.78, 5) is 1.72. The molecule has 0 aliphatic heterocycles. The third-order valence-electron chi connectivity index (χ3n) is 2.90. The van der Waals surface area contributed by atoms with Gasteiger partial charge in [0.15, 0.2) is 0 Å². The van der Waals surface area contributed by atoms with Crippen molar-refractivity contribution in [2.24, 2.45) is 0 Å². The molecule has 1 heterocycles. The van der Waals surface area contributed by atoms with Gasteiger partial charge in [-0.1, -0.05) is 19.9 Å². The zero-order chi connectivity index (χ0) is 15.6. The van der Waals surface area contributed by atoms with Crippen molar-refractivity contribution in [3.63, 3.8) is 0 Å². The van der Waals surface area contributed by atoms with Crippen LogP contribution in [0, 0.1) is 5.82 Å². The largest absolute Gasteiger partial charge is 0.419 e. The first-order valence-corrected chi connectivity index (χ1v) is 7.28. The summed E-state index contributed by atoms with van der Waals surface area (Å²) in [5.41, 5.74) is -0.847. The van der Waals surface area contributed by atoms with E-state index in [1.165, 1.54) is 17.4 Å². The summed E-state index contributed by atoms with van der Waals surface area (Å²) in [5.74, 6) is -1.25. The fraction of sp³-hybridized carbons (Fsp3) is 0.333. The van der Waals surface area contributed by atoms with Crippen LogP contribution >= 0.6 is 11.3 Å². The number of nitrogens with one attached hydrogen (secondary N) is 1. The van der Waals surface area contributed by atoms with Gasteiger partial charge in [0.1, 0.15) is 5.82 Å². The van der Waals surface area contributed by atoms with Crippen LogP contribution in [0.4, 0.5) is 17.6 Å². The molecule has 0 radical (unpaired) electrons. The molecule has 21 heavy (non-hydrogen) atoms. The van der Waals surface area contributed by atoms with Crippen molar-refractivity contribution in [2.75, 3.05) is 0 Å². The molecule has 0 spiro atoms. The molecular weight excluding hydrogens is 302 g/mol. The van der Waals surface area contributed by atoms with E-state index in [1.54, 1.807) is 6.07 Å². The van der Waals surface area contributed by atoms with Gasteiger partial charge < -0.3 is 5.32 Å². The molecule has 0 saturated carbocycles. The molecule has 0 atom stereocenters. The summed E-state index contributed by atoms with van der Waals surface area (Å²) in [6.07, 6.45) is -4.68. The number of hydrogen-bond donors (Lipinski definition) is 1. The van der Waals surface area contributed by atoms with Crippen LogP contribution < -0.4 is 5.32 Å². The molecule has 0 bridgehead atoms. The Morgan fingerprint density at radius 3 is 2.48 bits per heavy atom. The van der Waals surface area contributed by atoms with Gasteiger partial charge in [0.2, 0.25) is 0 Å². The molecule has 0 fully saturated rings. The Labute approximate surface area is 124 Å². The zero-order valence-electron chi connectivity index (χ0n) is 11.6. The summed E-state index contributed by atoms with van der Waals surface area (Å²) in [6, 6.07) is 7.06. The van der Waals surface area contributed by atoms with Gasteiger partial charge in [0.25, 0.3) is 0 Å². The summed E-state index contributed by atoms with van der Waals surface area (Å²) in [5, 5.41) is 3.24. The molecule has 1 aromatic heterocycles. The van der Waals surface area contributed by atoms with Gasteiger partial charge in [-0.2, -0.15) is 13.2 Å². The van der Waals surface area contributed by atoms with Gasteiger partial charge >= 0.3 is 6.18 Å². The molecule has 0 saturated heterocycles. The Kier molecular flexibility index (Phi) is 4.68. The van der Waals surface area contributed by atoms with Crippen molar-refractivity contribution < 1.29 is 17.6 Å². The highest BCUT2D eigenvalue weighted by atomic mass is 32.1. The van der Waals surface area contributed by atoms with Crippen molar-refractivity contribution in [3.8, 4) is 10.4 Å². The molecule has 0 aliphatic carbocycles. The average Bonchev–Trinajstić information content (AvgIpc) is 2.84. The van der Waals surface area contributed by atoms with Gasteiger partial charge in [-0.25, -0.2) is 4.39 Å². The lowest BCUT2D eigenvalue weighted by Gasteiger charge is -2.09. The fourth-order valence-corrected chi connectivity index (χ4v) is 2.78. The van der Waals surface area contributed by atoms with Crippen LogP contribution in [0.1, 0.15) is 24.3 Å². The number of benzene rings is 1. The van der Waals surface area contributed by atoms with E-state index < -0.39 is 17.6 Å². The monoisotopic (exact) mass is 317 g/mol. The van der Waals surface area contributed by atoms with E-state index in [9.17, 15) is 17.6 Å². The lowest BCUT2D eigenvalue weighted by atomic mass is 10.1. The van der Waals surface area contributed by atoms with E-state index in [0.29, 0.717) is 23.0 Å². The summed E-state index contributed by atoms with van der Waals surface area (Å²) >= 11 is 1.40. The summed E-state index contributed by atoms with van der Waals surface area (Å²) < 4.78 is 51.4. The molecular formula is C15H15F4NS. The van der Waals surface area contributed by atoms with Crippen LogP contribution in [0.3, 0.4) is 0 Å². The third kappa shape index (κ3) is 4.04. The van der Waals surface area contributed by atoms with Crippen LogP contribution in [0.25, 0.3) is 10.4 Å². The SMILES string of the molecule is CC(C)NCc1ccc(-c2ccc(F)c(C(F)(F)F)c2)s1. The lowest BCUT2D eigenvalue weighted by Crippen LogP contribution is -2.21. The van der Waals surface area contributed by atoms with Gasteiger partial charge in [-0.3, -0.25) is 0 Å². The second-order valence-corrected chi connectivity index (χ2v) is 6.16. The Morgan fingerprint density at radius 1 is 1.14 bits per heavy atom. The molecule has 6 heteroatoms. The molecule has 0 aliphatic rings. The highest BCUT2D eigenvalue weighted by molar-refractivity contribution is 7.15. The van der Waals surface area contributed by atoms with Crippen molar-refractivity contribution in [1.82, 2.24) is 5.32 Å². The van der Waals surface area contributed by atoms with Crippen LogP contribution in [-0.2, 0) is 12.7 Å². The minimum atomic E-state index is -4.68. The van der Waals surface area contributed by atoms with Crippen LogP contribution in [-0.4, -0.2) is 6.04 Å². The van der Waals surface area contributed by atoms with Crippen LogP contribution in [0.2, 0.25) is 0 Å². The van der Waals surface area contributed by atoms with Crippen molar-refractivity contribution >= 4 is 11.3 Å². The minimum Gasteiger partial charge on any atom is -0.310 e. The fourth-order valence-electron chi connectivity index (χ4n) is 1.83. The van der Waals surface area contributed by atoms with Gasteiger partial charge in [-0.05, 0) is 29.8 Å². The van der Waals surface area contributed by atoms with Crippen LogP contribution in [0.15, 0.2) is 30.3 Å². The number of halogens is 4. The molecule has 114 valence electrons. The first-order valence-electron chi connectivity index (χ1n) is 6.46. The number of rotatable bonds is 4. The second-order valence-electron chi connectivity index (χ2n) is 4.99. The predicted molar refractivity (Wildman–Crippen MR) is 76.7 cm³/mol. The number of thiophene rings is 1. The summed E-state index contributed by atoms with van der Waals surface area (Å²) in [7, 11) is 0. The average molecular weight is 317 g/mol. The van der Waals surface area contributed by atoms with Gasteiger partial charge in [0, 0.05) is 22.3 Å².